The van der Waals surface area contributed by atoms with Crippen LogP contribution in [0.3, 0.4) is 0 Å². The van der Waals surface area contributed by atoms with Gasteiger partial charge in [-0.25, -0.2) is 8.42 Å². The number of aryl methyl sites for hydroxylation is 2. The summed E-state index contributed by atoms with van der Waals surface area (Å²) >= 11 is 0. The van der Waals surface area contributed by atoms with Gasteiger partial charge in [0.1, 0.15) is 0 Å². The van der Waals surface area contributed by atoms with Gasteiger partial charge < -0.3 is 9.80 Å². The molecule has 0 spiro atoms. The van der Waals surface area contributed by atoms with Crippen LogP contribution in [0.15, 0.2) is 35.2 Å². The summed E-state index contributed by atoms with van der Waals surface area (Å²) in [7, 11) is -3.48. The molecule has 3 rings (SSSR count). The van der Waals surface area contributed by atoms with Crippen LogP contribution in [0.4, 0.5) is 11.6 Å². The normalized spacial score (nSPS) is 15.6. The summed E-state index contributed by atoms with van der Waals surface area (Å²) < 4.78 is 27.7. The van der Waals surface area contributed by atoms with Crippen molar-refractivity contribution in [2.24, 2.45) is 0 Å². The number of piperazine rings is 1. The van der Waals surface area contributed by atoms with E-state index < -0.39 is 10.0 Å². The monoisotopic (exact) mass is 403 g/mol. The zero-order valence-corrected chi connectivity index (χ0v) is 17.9. The molecular formula is C20H29N5O2S. The Labute approximate surface area is 168 Å². The molecule has 7 nitrogen and oxygen atoms in total. The molecule has 0 bridgehead atoms. The van der Waals surface area contributed by atoms with E-state index in [1.165, 1.54) is 0 Å². The quantitative estimate of drug-likeness (QED) is 0.738. The van der Waals surface area contributed by atoms with Crippen molar-refractivity contribution >= 4 is 21.7 Å². The minimum absolute atomic E-state index is 0.407. The van der Waals surface area contributed by atoms with Crippen LogP contribution >= 0.6 is 0 Å². The van der Waals surface area contributed by atoms with Crippen LogP contribution in [0.2, 0.25) is 0 Å². The SMILES string of the molecule is CCN(CC)c1ccc(N2CCN(S(=O)(=O)c3cc(C)ccc3C)CC2)nn1. The average molecular weight is 404 g/mol. The molecule has 0 atom stereocenters. The number of anilines is 2. The van der Waals surface area contributed by atoms with E-state index in [4.69, 9.17) is 0 Å². The van der Waals surface area contributed by atoms with Gasteiger partial charge in [0.25, 0.3) is 0 Å². The minimum Gasteiger partial charge on any atom is -0.356 e. The highest BCUT2D eigenvalue weighted by atomic mass is 32.2. The summed E-state index contributed by atoms with van der Waals surface area (Å²) in [4.78, 5) is 4.64. The molecule has 28 heavy (non-hydrogen) atoms. The van der Waals surface area contributed by atoms with Crippen LogP contribution in [0, 0.1) is 13.8 Å². The summed E-state index contributed by atoms with van der Waals surface area (Å²) in [6, 6.07) is 9.51. The standard InChI is InChI=1S/C20H29N5O2S/c1-5-23(6-2)19-9-10-20(22-21-19)24-11-13-25(14-12-24)28(26,27)18-15-16(3)7-8-17(18)4/h7-10,15H,5-6,11-14H2,1-4H3. The first-order chi connectivity index (χ1) is 13.4. The first-order valence-electron chi connectivity index (χ1n) is 9.77. The molecule has 0 amide bonds. The van der Waals surface area contributed by atoms with Crippen LogP contribution < -0.4 is 9.80 Å². The predicted molar refractivity (Wildman–Crippen MR) is 112 cm³/mol. The lowest BCUT2D eigenvalue weighted by atomic mass is 10.2. The molecule has 152 valence electrons. The molecule has 1 aliphatic rings. The number of sulfonamides is 1. The molecule has 0 N–H and O–H groups in total. The third kappa shape index (κ3) is 4.12. The Morgan fingerprint density at radius 3 is 2.21 bits per heavy atom. The molecule has 1 saturated heterocycles. The maximum Gasteiger partial charge on any atom is 0.243 e. The van der Waals surface area contributed by atoms with Gasteiger partial charge >= 0.3 is 0 Å². The minimum atomic E-state index is -3.48. The summed E-state index contributed by atoms with van der Waals surface area (Å²) in [5.41, 5.74) is 1.73. The van der Waals surface area contributed by atoms with Crippen molar-refractivity contribution in [3.63, 3.8) is 0 Å². The number of hydrogen-bond acceptors (Lipinski definition) is 6. The van der Waals surface area contributed by atoms with E-state index >= 15 is 0 Å². The molecule has 0 aliphatic carbocycles. The second kappa shape index (κ2) is 8.45. The van der Waals surface area contributed by atoms with Crippen molar-refractivity contribution in [3.8, 4) is 0 Å². The largest absolute Gasteiger partial charge is 0.356 e. The van der Waals surface area contributed by atoms with Crippen molar-refractivity contribution in [2.45, 2.75) is 32.6 Å². The molecule has 1 aromatic heterocycles. The van der Waals surface area contributed by atoms with Crippen molar-refractivity contribution in [1.29, 1.82) is 0 Å². The van der Waals surface area contributed by atoms with Gasteiger partial charge in [0.2, 0.25) is 10.0 Å². The number of aromatic nitrogens is 2. The molecule has 1 fully saturated rings. The molecule has 1 aliphatic heterocycles. The zero-order chi connectivity index (χ0) is 20.3. The molecule has 0 radical (unpaired) electrons. The van der Waals surface area contributed by atoms with Crippen LogP contribution in [0.5, 0.6) is 0 Å². The second-order valence-corrected chi connectivity index (χ2v) is 8.99. The lowest BCUT2D eigenvalue weighted by Gasteiger charge is -2.34. The molecule has 2 heterocycles. The van der Waals surface area contributed by atoms with Gasteiger partial charge in [0.15, 0.2) is 11.6 Å². The Bertz CT molecular complexity index is 903. The second-order valence-electron chi connectivity index (χ2n) is 7.08. The van der Waals surface area contributed by atoms with Crippen molar-refractivity contribution in [2.75, 3.05) is 49.1 Å². The highest BCUT2D eigenvalue weighted by Gasteiger charge is 2.30. The summed E-state index contributed by atoms with van der Waals surface area (Å²) in [6.07, 6.45) is 0. The Hall–Kier alpha value is -2.19. The highest BCUT2D eigenvalue weighted by molar-refractivity contribution is 7.89. The third-order valence-electron chi connectivity index (χ3n) is 5.25. The molecule has 8 heteroatoms. The van der Waals surface area contributed by atoms with Crippen LogP contribution in [0.25, 0.3) is 0 Å². The lowest BCUT2D eigenvalue weighted by Crippen LogP contribution is -2.49. The predicted octanol–water partition coefficient (Wildman–Crippen LogP) is 2.45. The average Bonchev–Trinajstić information content (AvgIpc) is 2.71. The number of benzene rings is 1. The van der Waals surface area contributed by atoms with Gasteiger partial charge in [-0.15, -0.1) is 10.2 Å². The van der Waals surface area contributed by atoms with Gasteiger partial charge in [-0.3, -0.25) is 0 Å². The summed E-state index contributed by atoms with van der Waals surface area (Å²) in [5.74, 6) is 1.66. The zero-order valence-electron chi connectivity index (χ0n) is 17.1. The van der Waals surface area contributed by atoms with E-state index in [1.807, 2.05) is 38.1 Å². The van der Waals surface area contributed by atoms with E-state index in [0.29, 0.717) is 31.1 Å². The van der Waals surface area contributed by atoms with Gasteiger partial charge in [-0.1, -0.05) is 12.1 Å². The van der Waals surface area contributed by atoms with Gasteiger partial charge in [0.05, 0.1) is 4.90 Å². The van der Waals surface area contributed by atoms with Gasteiger partial charge in [-0.05, 0) is 57.0 Å². The molecule has 1 aromatic carbocycles. The fourth-order valence-corrected chi connectivity index (χ4v) is 5.22. The van der Waals surface area contributed by atoms with Crippen molar-refractivity contribution < 1.29 is 8.42 Å². The van der Waals surface area contributed by atoms with E-state index in [9.17, 15) is 8.42 Å². The van der Waals surface area contributed by atoms with E-state index in [1.54, 1.807) is 10.4 Å². The Morgan fingerprint density at radius 2 is 1.64 bits per heavy atom. The number of rotatable bonds is 6. The van der Waals surface area contributed by atoms with Crippen LogP contribution in [-0.2, 0) is 10.0 Å². The van der Waals surface area contributed by atoms with Crippen molar-refractivity contribution in [3.05, 3.63) is 41.5 Å². The maximum absolute atomic E-state index is 13.1. The van der Waals surface area contributed by atoms with Gasteiger partial charge in [0, 0.05) is 39.3 Å². The number of hydrogen-bond donors (Lipinski definition) is 0. The molecule has 2 aromatic rings. The Balaban J connectivity index is 1.69. The Morgan fingerprint density at radius 1 is 0.964 bits per heavy atom. The molecule has 0 saturated carbocycles. The molecular weight excluding hydrogens is 374 g/mol. The third-order valence-corrected chi connectivity index (χ3v) is 7.29. The number of nitrogens with zero attached hydrogens (tertiary/aromatic N) is 5. The highest BCUT2D eigenvalue weighted by Crippen LogP contribution is 2.24. The van der Waals surface area contributed by atoms with Crippen molar-refractivity contribution in [1.82, 2.24) is 14.5 Å². The first-order valence-corrected chi connectivity index (χ1v) is 11.2. The van der Waals surface area contributed by atoms with E-state index in [-0.39, 0.29) is 0 Å². The molecule has 0 unspecified atom stereocenters. The maximum atomic E-state index is 13.1. The fourth-order valence-electron chi connectivity index (χ4n) is 3.48. The Kier molecular flexibility index (Phi) is 6.20. The van der Waals surface area contributed by atoms with Crippen LogP contribution in [0.1, 0.15) is 25.0 Å². The smallest absolute Gasteiger partial charge is 0.243 e. The topological polar surface area (TPSA) is 69.6 Å². The van der Waals surface area contributed by atoms with Crippen LogP contribution in [-0.4, -0.2) is 62.2 Å². The van der Waals surface area contributed by atoms with E-state index in [2.05, 4.69) is 33.8 Å². The summed E-state index contributed by atoms with van der Waals surface area (Å²) in [6.45, 7) is 11.8. The fraction of sp³-hybridized carbons (Fsp3) is 0.500. The first kappa shape index (κ1) is 20.5. The van der Waals surface area contributed by atoms with Gasteiger partial charge in [-0.2, -0.15) is 4.31 Å². The lowest BCUT2D eigenvalue weighted by molar-refractivity contribution is 0.383. The van der Waals surface area contributed by atoms with E-state index in [0.717, 1.165) is 35.9 Å². The summed E-state index contributed by atoms with van der Waals surface area (Å²) in [5, 5.41) is 8.69.